The number of aromatic nitrogens is 1. The van der Waals surface area contributed by atoms with Gasteiger partial charge < -0.3 is 9.47 Å². The summed E-state index contributed by atoms with van der Waals surface area (Å²) in [5.74, 6) is 0.750. The van der Waals surface area contributed by atoms with E-state index in [1.807, 2.05) is 12.3 Å². The van der Waals surface area contributed by atoms with E-state index in [1.165, 1.54) is 43.2 Å². The zero-order valence-electron chi connectivity index (χ0n) is 16.1. The number of hydrogen-bond acceptors (Lipinski definition) is 3. The Kier molecular flexibility index (Phi) is 3.86. The number of rotatable bonds is 4. The lowest BCUT2D eigenvalue weighted by molar-refractivity contribution is 0.187. The molecule has 5 rings (SSSR count). The Morgan fingerprint density at radius 2 is 2.04 bits per heavy atom. The van der Waals surface area contributed by atoms with Gasteiger partial charge in [0.2, 0.25) is 0 Å². The molecule has 27 heavy (non-hydrogen) atoms. The van der Waals surface area contributed by atoms with Gasteiger partial charge in [-0.1, -0.05) is 12.1 Å². The molecule has 4 nitrogen and oxygen atoms in total. The second-order valence-corrected chi connectivity index (χ2v) is 8.39. The maximum Gasteiger partial charge on any atom is 0.163 e. The fraction of sp³-hybridized carbons (Fsp3) is 0.478. The van der Waals surface area contributed by atoms with Gasteiger partial charge in [0.05, 0.1) is 16.8 Å². The SMILES string of the molecule is Cc1ccc2c(C#N)c(C3N=CC=CN3[C@@H](C)C3CC3)n(C3CCC3)c2c1. The minimum Gasteiger partial charge on any atom is -0.348 e. The number of aliphatic imine (C=N–C) groups is 1. The molecule has 1 aromatic heterocycles. The van der Waals surface area contributed by atoms with Crippen LogP contribution in [0.15, 0.2) is 35.5 Å². The Hall–Kier alpha value is -2.54. The normalized spacial score (nSPS) is 23.4. The molecule has 0 saturated heterocycles. The molecule has 1 unspecified atom stereocenters. The number of nitriles is 1. The lowest BCUT2D eigenvalue weighted by atomic mass is 9.92. The van der Waals surface area contributed by atoms with Crippen molar-refractivity contribution in [2.45, 2.75) is 64.2 Å². The van der Waals surface area contributed by atoms with Gasteiger partial charge in [-0.3, -0.25) is 4.99 Å². The largest absolute Gasteiger partial charge is 0.348 e. The minimum absolute atomic E-state index is 0.103. The van der Waals surface area contributed by atoms with Crippen LogP contribution < -0.4 is 0 Å². The Balaban J connectivity index is 1.72. The maximum absolute atomic E-state index is 10.1. The summed E-state index contributed by atoms with van der Waals surface area (Å²) in [7, 11) is 0. The van der Waals surface area contributed by atoms with Crippen LogP contribution in [-0.4, -0.2) is 21.7 Å². The molecule has 2 fully saturated rings. The van der Waals surface area contributed by atoms with Crippen molar-refractivity contribution in [1.82, 2.24) is 9.47 Å². The summed E-state index contributed by atoms with van der Waals surface area (Å²) in [5.41, 5.74) is 4.35. The average molecular weight is 358 g/mol. The second-order valence-electron chi connectivity index (χ2n) is 8.39. The number of fused-ring (bicyclic) bond motifs is 1. The van der Waals surface area contributed by atoms with E-state index in [0.29, 0.717) is 12.1 Å². The van der Waals surface area contributed by atoms with Crippen LogP contribution in [0, 0.1) is 24.2 Å². The molecular formula is C23H26N4. The Morgan fingerprint density at radius 1 is 1.22 bits per heavy atom. The fourth-order valence-electron chi connectivity index (χ4n) is 4.67. The van der Waals surface area contributed by atoms with E-state index in [1.54, 1.807) is 0 Å². The molecule has 2 saturated carbocycles. The van der Waals surface area contributed by atoms with Crippen molar-refractivity contribution in [1.29, 1.82) is 5.26 Å². The molecule has 1 aliphatic heterocycles. The average Bonchev–Trinajstić information content (AvgIpc) is 3.44. The standard InChI is InChI=1S/C23H26N4/c1-15-7-10-19-20(14-24)22(27(21(19)13-15)18-5-3-6-18)23-25-11-4-12-26(23)16(2)17-8-9-17/h4,7,10-13,16-18,23H,3,5-6,8-9H2,1-2H3/t16-,23?/m0/s1. The first-order chi connectivity index (χ1) is 13.2. The number of benzene rings is 1. The first-order valence-electron chi connectivity index (χ1n) is 10.2. The van der Waals surface area contributed by atoms with Crippen LogP contribution in [0.3, 0.4) is 0 Å². The van der Waals surface area contributed by atoms with Gasteiger partial charge in [0.1, 0.15) is 6.07 Å². The molecular weight excluding hydrogens is 332 g/mol. The van der Waals surface area contributed by atoms with Crippen LogP contribution in [-0.2, 0) is 0 Å². The lowest BCUT2D eigenvalue weighted by Crippen LogP contribution is -2.36. The van der Waals surface area contributed by atoms with Gasteiger partial charge in [-0.25, -0.2) is 0 Å². The Bertz CT molecular complexity index is 982. The van der Waals surface area contributed by atoms with Crippen molar-refractivity contribution in [3.05, 3.63) is 47.3 Å². The third-order valence-corrected chi connectivity index (χ3v) is 6.62. The van der Waals surface area contributed by atoms with Crippen LogP contribution in [0.5, 0.6) is 0 Å². The highest BCUT2D eigenvalue weighted by Gasteiger charge is 2.38. The van der Waals surface area contributed by atoms with E-state index in [-0.39, 0.29) is 6.17 Å². The van der Waals surface area contributed by atoms with E-state index >= 15 is 0 Å². The Morgan fingerprint density at radius 3 is 2.70 bits per heavy atom. The zero-order valence-corrected chi connectivity index (χ0v) is 16.1. The summed E-state index contributed by atoms with van der Waals surface area (Å²) < 4.78 is 2.46. The van der Waals surface area contributed by atoms with Crippen molar-refractivity contribution in [2.24, 2.45) is 10.9 Å². The van der Waals surface area contributed by atoms with Gasteiger partial charge in [-0.15, -0.1) is 0 Å². The third kappa shape index (κ3) is 2.60. The number of hydrogen-bond donors (Lipinski definition) is 0. The molecule has 2 aromatic rings. The molecule has 0 N–H and O–H groups in total. The van der Waals surface area contributed by atoms with Gasteiger partial charge >= 0.3 is 0 Å². The van der Waals surface area contributed by atoms with Crippen LogP contribution >= 0.6 is 0 Å². The minimum atomic E-state index is -0.103. The van der Waals surface area contributed by atoms with Crippen molar-refractivity contribution in [3.8, 4) is 6.07 Å². The first kappa shape index (κ1) is 16.6. The molecule has 138 valence electrons. The highest BCUT2D eigenvalue weighted by Crippen LogP contribution is 2.45. The van der Waals surface area contributed by atoms with Crippen molar-refractivity contribution < 1.29 is 0 Å². The molecule has 4 heteroatoms. The van der Waals surface area contributed by atoms with Gasteiger partial charge in [-0.05, 0) is 69.6 Å². The second kappa shape index (κ2) is 6.27. The van der Waals surface area contributed by atoms with Crippen LogP contribution in [0.4, 0.5) is 0 Å². The van der Waals surface area contributed by atoms with E-state index in [2.05, 4.69) is 53.8 Å². The number of aryl methyl sites for hydroxylation is 1. The van der Waals surface area contributed by atoms with Gasteiger partial charge in [0.15, 0.2) is 6.17 Å². The highest BCUT2D eigenvalue weighted by atomic mass is 15.3. The summed E-state index contributed by atoms with van der Waals surface area (Å²) in [4.78, 5) is 7.27. The van der Waals surface area contributed by atoms with Gasteiger partial charge in [0, 0.05) is 29.9 Å². The quantitative estimate of drug-likeness (QED) is 0.750. The van der Waals surface area contributed by atoms with Crippen molar-refractivity contribution >= 4 is 17.1 Å². The molecule has 2 aliphatic carbocycles. The molecule has 3 aliphatic rings. The molecule has 0 radical (unpaired) electrons. The molecule has 0 spiro atoms. The topological polar surface area (TPSA) is 44.3 Å². The van der Waals surface area contributed by atoms with Crippen LogP contribution in [0.1, 0.15) is 68.1 Å². The third-order valence-electron chi connectivity index (χ3n) is 6.62. The summed E-state index contributed by atoms with van der Waals surface area (Å²) in [6, 6.07) is 9.96. The number of nitrogens with zero attached hydrogens (tertiary/aromatic N) is 4. The lowest BCUT2D eigenvalue weighted by Gasteiger charge is -2.38. The molecule has 1 aromatic carbocycles. The van der Waals surface area contributed by atoms with E-state index < -0.39 is 0 Å². The maximum atomic E-state index is 10.1. The fourth-order valence-corrected chi connectivity index (χ4v) is 4.67. The van der Waals surface area contributed by atoms with Gasteiger partial charge in [-0.2, -0.15) is 5.26 Å². The summed E-state index contributed by atoms with van der Waals surface area (Å²) in [6.07, 6.45) is 12.3. The van der Waals surface area contributed by atoms with E-state index in [4.69, 9.17) is 4.99 Å². The van der Waals surface area contributed by atoms with Crippen LogP contribution in [0.2, 0.25) is 0 Å². The van der Waals surface area contributed by atoms with Crippen molar-refractivity contribution in [2.75, 3.05) is 0 Å². The van der Waals surface area contributed by atoms with Crippen LogP contribution in [0.25, 0.3) is 10.9 Å². The molecule has 2 atom stereocenters. The van der Waals surface area contributed by atoms with Crippen molar-refractivity contribution in [3.63, 3.8) is 0 Å². The van der Waals surface area contributed by atoms with E-state index in [9.17, 15) is 5.26 Å². The smallest absolute Gasteiger partial charge is 0.163 e. The summed E-state index contributed by atoms with van der Waals surface area (Å²) >= 11 is 0. The Labute approximate surface area is 160 Å². The first-order valence-corrected chi connectivity index (χ1v) is 10.2. The number of allylic oxidation sites excluding steroid dienone is 1. The predicted octanol–water partition coefficient (Wildman–Crippen LogP) is 5.24. The highest BCUT2D eigenvalue weighted by molar-refractivity contribution is 5.89. The van der Waals surface area contributed by atoms with Gasteiger partial charge in [0.25, 0.3) is 0 Å². The summed E-state index contributed by atoms with van der Waals surface area (Å²) in [5, 5.41) is 11.2. The van der Waals surface area contributed by atoms with E-state index in [0.717, 1.165) is 22.6 Å². The molecule has 0 amide bonds. The predicted molar refractivity (Wildman–Crippen MR) is 109 cm³/mol. The zero-order chi connectivity index (χ0) is 18.5. The monoisotopic (exact) mass is 358 g/mol. The summed E-state index contributed by atoms with van der Waals surface area (Å²) in [6.45, 7) is 4.44. The molecule has 2 heterocycles. The molecule has 0 bridgehead atoms.